The first-order valence-electron chi connectivity index (χ1n) is 7.79. The second-order valence-corrected chi connectivity index (χ2v) is 9.09. The lowest BCUT2D eigenvalue weighted by molar-refractivity contribution is -0.163. The molecular weight excluding hydrogens is 269 g/mol. The Hall–Kier alpha value is -0.140. The molecule has 4 heteroatoms. The van der Waals surface area contributed by atoms with Crippen molar-refractivity contribution in [3.8, 4) is 0 Å². The van der Waals surface area contributed by atoms with E-state index >= 15 is 0 Å². The number of rotatable bonds is 4. The van der Waals surface area contributed by atoms with Gasteiger partial charge >= 0.3 is 5.97 Å². The van der Waals surface area contributed by atoms with Crippen LogP contribution in [0.15, 0.2) is 0 Å². The molecule has 3 atom stereocenters. The van der Waals surface area contributed by atoms with Crippen molar-refractivity contribution in [2.75, 3.05) is 13.1 Å². The van der Waals surface area contributed by atoms with E-state index in [1.807, 2.05) is 20.8 Å². The molecule has 0 aliphatic carbocycles. The van der Waals surface area contributed by atoms with Gasteiger partial charge in [-0.1, -0.05) is 13.3 Å². The third-order valence-electron chi connectivity index (χ3n) is 3.79. The van der Waals surface area contributed by atoms with Crippen molar-refractivity contribution in [2.45, 2.75) is 71.7 Å². The zero-order valence-electron chi connectivity index (χ0n) is 14.0. The van der Waals surface area contributed by atoms with Crippen LogP contribution < -0.4 is 0 Å². The first-order valence-corrected chi connectivity index (χ1v) is 8.37. The molecule has 118 valence electrons. The van der Waals surface area contributed by atoms with Gasteiger partial charge in [-0.2, -0.15) is 0 Å². The van der Waals surface area contributed by atoms with Gasteiger partial charge in [0.25, 0.3) is 0 Å². The largest absolute Gasteiger partial charge is 0.460 e. The SMILES string of the molecule is CCCC1CC(C(=O)OC(C)(C)C)CN(C(C)(C)P)C1. The summed E-state index contributed by atoms with van der Waals surface area (Å²) in [5.74, 6) is 0.586. The summed E-state index contributed by atoms with van der Waals surface area (Å²) in [6, 6.07) is 0. The van der Waals surface area contributed by atoms with Crippen molar-refractivity contribution >= 4 is 15.2 Å². The van der Waals surface area contributed by atoms with Crippen molar-refractivity contribution in [3.63, 3.8) is 0 Å². The zero-order chi connectivity index (χ0) is 15.6. The highest BCUT2D eigenvalue weighted by Gasteiger charge is 2.37. The Morgan fingerprint density at radius 2 is 1.85 bits per heavy atom. The van der Waals surface area contributed by atoms with Gasteiger partial charge in [-0.25, -0.2) is 0 Å². The van der Waals surface area contributed by atoms with Gasteiger partial charge < -0.3 is 4.74 Å². The van der Waals surface area contributed by atoms with Gasteiger partial charge in [-0.3, -0.25) is 9.69 Å². The molecule has 20 heavy (non-hydrogen) atoms. The molecule has 0 aromatic rings. The Labute approximate surface area is 127 Å². The fourth-order valence-corrected chi connectivity index (χ4v) is 3.06. The maximum absolute atomic E-state index is 12.4. The van der Waals surface area contributed by atoms with Gasteiger partial charge in [0.15, 0.2) is 0 Å². The van der Waals surface area contributed by atoms with E-state index in [1.54, 1.807) is 0 Å². The van der Waals surface area contributed by atoms with E-state index in [4.69, 9.17) is 4.74 Å². The van der Waals surface area contributed by atoms with E-state index in [-0.39, 0.29) is 17.2 Å². The van der Waals surface area contributed by atoms with E-state index in [0.717, 1.165) is 19.5 Å². The molecule has 0 aromatic heterocycles. The van der Waals surface area contributed by atoms with Crippen LogP contribution in [0.4, 0.5) is 0 Å². The van der Waals surface area contributed by atoms with Crippen LogP contribution in [0.25, 0.3) is 0 Å². The summed E-state index contributed by atoms with van der Waals surface area (Å²) < 4.78 is 5.59. The minimum absolute atomic E-state index is 0.0133. The second-order valence-electron chi connectivity index (χ2n) is 7.68. The number of likely N-dealkylation sites (tertiary alicyclic amines) is 1. The van der Waals surface area contributed by atoms with Crippen LogP contribution in [0.2, 0.25) is 0 Å². The summed E-state index contributed by atoms with van der Waals surface area (Å²) in [7, 11) is 2.90. The average molecular weight is 301 g/mol. The Morgan fingerprint density at radius 1 is 1.25 bits per heavy atom. The highest BCUT2D eigenvalue weighted by molar-refractivity contribution is 7.18. The van der Waals surface area contributed by atoms with Crippen LogP contribution in [-0.2, 0) is 9.53 Å². The summed E-state index contributed by atoms with van der Waals surface area (Å²) in [4.78, 5) is 14.8. The maximum Gasteiger partial charge on any atom is 0.310 e. The zero-order valence-corrected chi connectivity index (χ0v) is 15.2. The summed E-state index contributed by atoms with van der Waals surface area (Å²) >= 11 is 0. The molecule has 0 amide bonds. The monoisotopic (exact) mass is 301 g/mol. The normalized spacial score (nSPS) is 25.6. The topological polar surface area (TPSA) is 29.5 Å². The third kappa shape index (κ3) is 5.69. The minimum Gasteiger partial charge on any atom is -0.460 e. The molecule has 1 saturated heterocycles. The molecule has 1 heterocycles. The number of nitrogens with zero attached hydrogens (tertiary/aromatic N) is 1. The summed E-state index contributed by atoms with van der Waals surface area (Å²) in [5.41, 5.74) is -0.393. The number of esters is 1. The Bertz CT molecular complexity index is 330. The Morgan fingerprint density at radius 3 is 2.30 bits per heavy atom. The number of hydrogen-bond acceptors (Lipinski definition) is 3. The predicted octanol–water partition coefficient (Wildman–Crippen LogP) is 3.68. The smallest absolute Gasteiger partial charge is 0.310 e. The second kappa shape index (κ2) is 6.75. The quantitative estimate of drug-likeness (QED) is 0.586. The van der Waals surface area contributed by atoms with Gasteiger partial charge in [0.2, 0.25) is 0 Å². The van der Waals surface area contributed by atoms with Gasteiger partial charge in [0.05, 0.1) is 5.92 Å². The average Bonchev–Trinajstić information content (AvgIpc) is 2.25. The van der Waals surface area contributed by atoms with Crippen LogP contribution in [-0.4, -0.2) is 34.8 Å². The van der Waals surface area contributed by atoms with Crippen LogP contribution in [0.1, 0.15) is 60.8 Å². The molecular formula is C16H32NO2P. The van der Waals surface area contributed by atoms with Crippen LogP contribution in [0.5, 0.6) is 0 Å². The Kier molecular flexibility index (Phi) is 6.04. The highest BCUT2D eigenvalue weighted by Crippen LogP contribution is 2.33. The molecule has 1 aliphatic rings. The van der Waals surface area contributed by atoms with Crippen LogP contribution in [0, 0.1) is 11.8 Å². The van der Waals surface area contributed by atoms with Crippen molar-refractivity contribution < 1.29 is 9.53 Å². The lowest BCUT2D eigenvalue weighted by Crippen LogP contribution is -2.51. The molecule has 0 spiro atoms. The highest BCUT2D eigenvalue weighted by atomic mass is 31.0. The first-order chi connectivity index (χ1) is 9.03. The molecule has 1 aliphatic heterocycles. The number of hydrogen-bond donors (Lipinski definition) is 0. The fourth-order valence-electron chi connectivity index (χ4n) is 2.85. The Balaban J connectivity index is 2.76. The molecule has 1 rings (SSSR count). The van der Waals surface area contributed by atoms with E-state index < -0.39 is 5.60 Å². The van der Waals surface area contributed by atoms with Crippen LogP contribution in [0.3, 0.4) is 0 Å². The molecule has 1 fully saturated rings. The van der Waals surface area contributed by atoms with Crippen molar-refractivity contribution in [2.24, 2.45) is 11.8 Å². The third-order valence-corrected chi connectivity index (χ3v) is 4.15. The fraction of sp³-hybridized carbons (Fsp3) is 0.938. The van der Waals surface area contributed by atoms with E-state index in [9.17, 15) is 4.79 Å². The number of carbonyl (C=O) groups is 1. The van der Waals surface area contributed by atoms with Crippen LogP contribution >= 0.6 is 9.24 Å². The molecule has 3 nitrogen and oxygen atoms in total. The maximum atomic E-state index is 12.4. The van der Waals surface area contributed by atoms with Gasteiger partial charge in [-0.15, -0.1) is 9.24 Å². The molecule has 0 saturated carbocycles. The molecule has 0 N–H and O–H groups in total. The first kappa shape index (κ1) is 17.9. The standard InChI is InChI=1S/C16H32NO2P/c1-7-8-12-9-13(14(18)19-15(2,3)4)11-17(10-12)16(5,6)20/h12-13H,7-11,20H2,1-6H3. The van der Waals surface area contributed by atoms with Crippen molar-refractivity contribution in [3.05, 3.63) is 0 Å². The number of carbonyl (C=O) groups excluding carboxylic acids is 1. The van der Waals surface area contributed by atoms with Gasteiger partial charge in [-0.05, 0) is 53.4 Å². The van der Waals surface area contributed by atoms with Crippen molar-refractivity contribution in [1.82, 2.24) is 4.90 Å². The van der Waals surface area contributed by atoms with Gasteiger partial charge in [0, 0.05) is 18.4 Å². The number of piperidine rings is 1. The molecule has 3 unspecified atom stereocenters. The van der Waals surface area contributed by atoms with Crippen molar-refractivity contribution in [1.29, 1.82) is 0 Å². The number of ether oxygens (including phenoxy) is 1. The van der Waals surface area contributed by atoms with Gasteiger partial charge in [0.1, 0.15) is 5.60 Å². The van der Waals surface area contributed by atoms with E-state index in [2.05, 4.69) is 34.9 Å². The van der Waals surface area contributed by atoms with E-state index in [0.29, 0.717) is 5.92 Å². The molecule has 0 aromatic carbocycles. The lowest BCUT2D eigenvalue weighted by Gasteiger charge is -2.44. The molecule has 0 radical (unpaired) electrons. The summed E-state index contributed by atoms with van der Waals surface area (Å²) in [6.07, 6.45) is 3.34. The minimum atomic E-state index is -0.393. The molecule has 0 bridgehead atoms. The van der Waals surface area contributed by atoms with E-state index in [1.165, 1.54) is 12.8 Å². The summed E-state index contributed by atoms with van der Waals surface area (Å²) in [5, 5.41) is 0.0344. The predicted molar refractivity (Wildman–Crippen MR) is 87.7 cm³/mol. The lowest BCUT2D eigenvalue weighted by atomic mass is 9.85. The summed E-state index contributed by atoms with van der Waals surface area (Å²) in [6.45, 7) is 14.3.